The molecule has 1 N–H and O–H groups in total. The predicted octanol–water partition coefficient (Wildman–Crippen LogP) is 2.29. The Balaban J connectivity index is 3.09. The molecule has 8 heteroatoms. The van der Waals surface area contributed by atoms with E-state index in [-0.39, 0.29) is 16.8 Å². The van der Waals surface area contributed by atoms with E-state index in [1.165, 1.54) is 4.68 Å². The van der Waals surface area contributed by atoms with Crippen LogP contribution in [0.5, 0.6) is 0 Å². The molecular formula is C13H22ClN3O3S. The molecule has 120 valence electrons. The van der Waals surface area contributed by atoms with Crippen LogP contribution in [-0.4, -0.2) is 30.1 Å². The molecule has 1 atom stereocenters. The highest BCUT2D eigenvalue weighted by atomic mass is 35.7. The number of carbonyl (C=O) groups excluding carboxylic acids is 1. The number of rotatable bonds is 6. The number of nitrogens with one attached hydrogen (secondary N) is 1. The van der Waals surface area contributed by atoms with Crippen molar-refractivity contribution in [3.05, 3.63) is 11.4 Å². The monoisotopic (exact) mass is 335 g/mol. The lowest BCUT2D eigenvalue weighted by Gasteiger charge is -2.19. The molecule has 0 bridgehead atoms. The van der Waals surface area contributed by atoms with E-state index in [0.29, 0.717) is 11.4 Å². The van der Waals surface area contributed by atoms with Crippen LogP contribution in [0.25, 0.3) is 0 Å². The molecule has 1 aromatic rings. The molecule has 0 saturated heterocycles. The summed E-state index contributed by atoms with van der Waals surface area (Å²) in [5.41, 5.74) is 0.666. The average Bonchev–Trinajstić information content (AvgIpc) is 2.69. The van der Waals surface area contributed by atoms with Gasteiger partial charge in [0.05, 0.1) is 11.4 Å². The molecule has 0 aliphatic rings. The van der Waals surface area contributed by atoms with E-state index in [9.17, 15) is 13.2 Å². The van der Waals surface area contributed by atoms with Gasteiger partial charge in [-0.3, -0.25) is 9.48 Å². The third-order valence-corrected chi connectivity index (χ3v) is 5.12. The number of aryl methyl sites for hydroxylation is 1. The molecule has 6 nitrogen and oxygen atoms in total. The summed E-state index contributed by atoms with van der Waals surface area (Å²) in [6.45, 7) is 8.84. The minimum atomic E-state index is -3.88. The zero-order chi connectivity index (χ0) is 16.4. The van der Waals surface area contributed by atoms with Crippen LogP contribution in [0.3, 0.4) is 0 Å². The van der Waals surface area contributed by atoms with Gasteiger partial charge in [0.15, 0.2) is 0 Å². The van der Waals surface area contributed by atoms with E-state index < -0.39 is 15.1 Å². The predicted molar refractivity (Wildman–Crippen MR) is 82.0 cm³/mol. The number of carbonyl (C=O) groups is 1. The summed E-state index contributed by atoms with van der Waals surface area (Å²) in [4.78, 5) is 12.2. The van der Waals surface area contributed by atoms with Crippen LogP contribution >= 0.6 is 10.7 Å². The van der Waals surface area contributed by atoms with Crippen LogP contribution in [0.1, 0.15) is 51.0 Å². The fourth-order valence-electron chi connectivity index (χ4n) is 2.30. The maximum Gasteiger partial charge on any atom is 0.264 e. The van der Waals surface area contributed by atoms with E-state index in [2.05, 4.69) is 10.4 Å². The Hall–Kier alpha value is -1.08. The minimum absolute atomic E-state index is 0.0219. The van der Waals surface area contributed by atoms with Gasteiger partial charge in [0, 0.05) is 16.7 Å². The standard InChI is InChI=1S/C13H22ClN3O3S/c1-6-11(7-2)15-13(18)10(5)17-9(4)12(8(3)16-17)21(14,19)20/h10-11H,6-7H2,1-5H3,(H,15,18). The van der Waals surface area contributed by atoms with Crippen LogP contribution in [0.15, 0.2) is 4.90 Å². The molecular weight excluding hydrogens is 314 g/mol. The molecule has 1 unspecified atom stereocenters. The summed E-state index contributed by atoms with van der Waals surface area (Å²) < 4.78 is 24.5. The first-order valence-corrected chi connectivity index (χ1v) is 9.25. The van der Waals surface area contributed by atoms with Crippen LogP contribution in [0.2, 0.25) is 0 Å². The summed E-state index contributed by atoms with van der Waals surface area (Å²) in [5.74, 6) is -0.187. The van der Waals surface area contributed by atoms with Crippen molar-refractivity contribution < 1.29 is 13.2 Å². The quantitative estimate of drug-likeness (QED) is 0.809. The van der Waals surface area contributed by atoms with Gasteiger partial charge in [-0.1, -0.05) is 13.8 Å². The fraction of sp³-hybridized carbons (Fsp3) is 0.692. The lowest BCUT2D eigenvalue weighted by atomic mass is 10.1. The summed E-state index contributed by atoms with van der Waals surface area (Å²) in [7, 11) is 1.54. The van der Waals surface area contributed by atoms with Gasteiger partial charge >= 0.3 is 0 Å². The van der Waals surface area contributed by atoms with E-state index in [1.54, 1.807) is 20.8 Å². The van der Waals surface area contributed by atoms with Crippen molar-refractivity contribution in [2.45, 2.75) is 64.4 Å². The second kappa shape index (κ2) is 6.79. The first-order chi connectivity index (χ1) is 9.63. The Morgan fingerprint density at radius 3 is 2.24 bits per heavy atom. The highest BCUT2D eigenvalue weighted by molar-refractivity contribution is 8.13. The second-order valence-electron chi connectivity index (χ2n) is 5.08. The highest BCUT2D eigenvalue weighted by Crippen LogP contribution is 2.25. The van der Waals surface area contributed by atoms with Crippen molar-refractivity contribution >= 4 is 25.6 Å². The summed E-state index contributed by atoms with van der Waals surface area (Å²) >= 11 is 0. The van der Waals surface area contributed by atoms with Crippen LogP contribution in [0, 0.1) is 13.8 Å². The van der Waals surface area contributed by atoms with Crippen molar-refractivity contribution in [2.24, 2.45) is 0 Å². The zero-order valence-electron chi connectivity index (χ0n) is 13.0. The lowest BCUT2D eigenvalue weighted by Crippen LogP contribution is -2.38. The van der Waals surface area contributed by atoms with Gasteiger partial charge in [0.2, 0.25) is 5.91 Å². The van der Waals surface area contributed by atoms with Crippen LogP contribution < -0.4 is 5.32 Å². The smallest absolute Gasteiger partial charge is 0.264 e. The molecule has 0 aliphatic heterocycles. The average molecular weight is 336 g/mol. The van der Waals surface area contributed by atoms with Crippen molar-refractivity contribution in [3.63, 3.8) is 0 Å². The maximum absolute atomic E-state index is 12.2. The van der Waals surface area contributed by atoms with Gasteiger partial charge in [-0.25, -0.2) is 8.42 Å². The van der Waals surface area contributed by atoms with Gasteiger partial charge < -0.3 is 5.32 Å². The topological polar surface area (TPSA) is 81.1 Å². The number of amides is 1. The van der Waals surface area contributed by atoms with E-state index >= 15 is 0 Å². The molecule has 0 aliphatic carbocycles. The van der Waals surface area contributed by atoms with E-state index in [1.807, 2.05) is 13.8 Å². The van der Waals surface area contributed by atoms with Crippen molar-refractivity contribution in [1.29, 1.82) is 0 Å². The lowest BCUT2D eigenvalue weighted by molar-refractivity contribution is -0.125. The van der Waals surface area contributed by atoms with E-state index in [0.717, 1.165) is 12.8 Å². The van der Waals surface area contributed by atoms with Gasteiger partial charge in [-0.2, -0.15) is 5.10 Å². The Morgan fingerprint density at radius 1 is 1.33 bits per heavy atom. The number of halogens is 1. The number of hydrogen-bond acceptors (Lipinski definition) is 4. The number of hydrogen-bond donors (Lipinski definition) is 1. The molecule has 0 spiro atoms. The molecule has 0 radical (unpaired) electrons. The molecule has 0 fully saturated rings. The largest absolute Gasteiger partial charge is 0.352 e. The van der Waals surface area contributed by atoms with Crippen molar-refractivity contribution in [2.75, 3.05) is 0 Å². The van der Waals surface area contributed by atoms with Crippen LogP contribution in [0.4, 0.5) is 0 Å². The third kappa shape index (κ3) is 3.97. The highest BCUT2D eigenvalue weighted by Gasteiger charge is 2.27. The van der Waals surface area contributed by atoms with Gasteiger partial charge in [0.25, 0.3) is 9.05 Å². The van der Waals surface area contributed by atoms with E-state index in [4.69, 9.17) is 10.7 Å². The Morgan fingerprint density at radius 2 is 1.86 bits per heavy atom. The molecule has 1 aromatic heterocycles. The first-order valence-electron chi connectivity index (χ1n) is 6.94. The molecule has 0 aromatic carbocycles. The van der Waals surface area contributed by atoms with Crippen molar-refractivity contribution in [3.8, 4) is 0 Å². The minimum Gasteiger partial charge on any atom is -0.352 e. The normalized spacial score (nSPS) is 13.5. The Bertz CT molecular complexity index is 621. The van der Waals surface area contributed by atoms with Gasteiger partial charge in [0.1, 0.15) is 10.9 Å². The molecule has 21 heavy (non-hydrogen) atoms. The first kappa shape index (κ1) is 18.0. The molecule has 1 amide bonds. The fourth-order valence-corrected chi connectivity index (χ4v) is 3.81. The zero-order valence-corrected chi connectivity index (χ0v) is 14.5. The summed E-state index contributed by atoms with van der Waals surface area (Å²) in [5, 5.41) is 7.08. The second-order valence-corrected chi connectivity index (χ2v) is 7.58. The van der Waals surface area contributed by atoms with Gasteiger partial charge in [-0.15, -0.1) is 0 Å². The SMILES string of the molecule is CCC(CC)NC(=O)C(C)n1nc(C)c(S(=O)(=O)Cl)c1C. The summed E-state index contributed by atoms with van der Waals surface area (Å²) in [6.07, 6.45) is 1.68. The Kier molecular flexibility index (Phi) is 5.81. The Labute approximate surface area is 130 Å². The molecule has 0 saturated carbocycles. The summed E-state index contributed by atoms with van der Waals surface area (Å²) in [6, 6.07) is -0.496. The maximum atomic E-state index is 12.2. The van der Waals surface area contributed by atoms with Crippen molar-refractivity contribution in [1.82, 2.24) is 15.1 Å². The number of aromatic nitrogens is 2. The molecule has 1 rings (SSSR count). The van der Waals surface area contributed by atoms with Gasteiger partial charge in [-0.05, 0) is 33.6 Å². The molecule has 1 heterocycles. The number of nitrogens with zero attached hydrogens (tertiary/aromatic N) is 2. The van der Waals surface area contributed by atoms with Crippen LogP contribution in [-0.2, 0) is 13.8 Å². The third-order valence-electron chi connectivity index (χ3n) is 3.58.